The first-order chi connectivity index (χ1) is 9.35. The summed E-state index contributed by atoms with van der Waals surface area (Å²) in [5.41, 5.74) is 1.55. The van der Waals surface area contributed by atoms with Crippen LogP contribution in [0.25, 0.3) is 0 Å². The number of ether oxygens (including phenoxy) is 1. The molecule has 1 aromatic rings. The van der Waals surface area contributed by atoms with Gasteiger partial charge in [0, 0.05) is 12.0 Å². The Bertz CT molecular complexity index is 408. The van der Waals surface area contributed by atoms with Gasteiger partial charge >= 0.3 is 0 Å². The zero-order valence-corrected chi connectivity index (χ0v) is 13.6. The lowest BCUT2D eigenvalue weighted by Crippen LogP contribution is -2.41. The fourth-order valence-corrected chi connectivity index (χ4v) is 2.75. The Labute approximate surface area is 123 Å². The van der Waals surface area contributed by atoms with Gasteiger partial charge in [-0.05, 0) is 57.2 Å². The summed E-state index contributed by atoms with van der Waals surface area (Å²) < 4.78 is 6.09. The van der Waals surface area contributed by atoms with Crippen molar-refractivity contribution in [2.75, 3.05) is 6.54 Å². The van der Waals surface area contributed by atoms with Gasteiger partial charge in [-0.3, -0.25) is 0 Å². The number of para-hydroxylation sites is 1. The molecule has 0 radical (unpaired) electrons. The Kier molecular flexibility index (Phi) is 4.74. The number of fused-ring (bicyclic) bond motifs is 1. The molecule has 0 bridgehead atoms. The van der Waals surface area contributed by atoms with E-state index in [2.05, 4.69) is 64.2 Å². The molecule has 1 aromatic carbocycles. The summed E-state index contributed by atoms with van der Waals surface area (Å²) >= 11 is 0. The molecule has 2 heteroatoms. The second-order valence-electron chi connectivity index (χ2n) is 7.42. The van der Waals surface area contributed by atoms with Gasteiger partial charge in [0.1, 0.15) is 11.9 Å². The number of hydrogen-bond acceptors (Lipinski definition) is 2. The normalized spacial score (nSPS) is 19.8. The highest BCUT2D eigenvalue weighted by atomic mass is 16.5. The molecule has 2 unspecified atom stereocenters. The minimum absolute atomic E-state index is 0.187. The summed E-state index contributed by atoms with van der Waals surface area (Å²) in [6.45, 7) is 12.4. The zero-order valence-electron chi connectivity index (χ0n) is 13.6. The molecule has 2 atom stereocenters. The molecule has 112 valence electrons. The van der Waals surface area contributed by atoms with Crippen LogP contribution in [0.5, 0.6) is 5.75 Å². The molecule has 0 fully saturated rings. The van der Waals surface area contributed by atoms with Crippen molar-refractivity contribution < 1.29 is 4.74 Å². The molecular formula is C18H29NO. The highest BCUT2D eigenvalue weighted by Gasteiger charge is 2.27. The van der Waals surface area contributed by atoms with E-state index in [1.165, 1.54) is 5.56 Å². The van der Waals surface area contributed by atoms with Crippen LogP contribution in [0.2, 0.25) is 0 Å². The van der Waals surface area contributed by atoms with E-state index in [-0.39, 0.29) is 5.54 Å². The Morgan fingerprint density at radius 3 is 2.55 bits per heavy atom. The molecule has 0 aliphatic carbocycles. The van der Waals surface area contributed by atoms with E-state index in [1.54, 1.807) is 0 Å². The van der Waals surface area contributed by atoms with Gasteiger partial charge in [0.05, 0.1) is 0 Å². The lowest BCUT2D eigenvalue weighted by atomic mass is 9.88. The molecule has 1 N–H and O–H groups in total. The molecule has 0 aromatic heterocycles. The molecule has 2 rings (SSSR count). The van der Waals surface area contributed by atoms with Gasteiger partial charge < -0.3 is 10.1 Å². The molecule has 2 nitrogen and oxygen atoms in total. The van der Waals surface area contributed by atoms with Gasteiger partial charge in [0.2, 0.25) is 0 Å². The van der Waals surface area contributed by atoms with Crippen LogP contribution in [-0.4, -0.2) is 18.2 Å². The molecule has 0 amide bonds. The van der Waals surface area contributed by atoms with E-state index < -0.39 is 0 Å². The number of benzene rings is 1. The lowest BCUT2D eigenvalue weighted by molar-refractivity contribution is 0.168. The van der Waals surface area contributed by atoms with E-state index in [0.717, 1.165) is 25.1 Å². The highest BCUT2D eigenvalue weighted by Crippen LogP contribution is 2.32. The van der Waals surface area contributed by atoms with E-state index in [4.69, 9.17) is 4.74 Å². The zero-order chi connectivity index (χ0) is 14.8. The quantitative estimate of drug-likeness (QED) is 0.875. The molecule has 20 heavy (non-hydrogen) atoms. The van der Waals surface area contributed by atoms with E-state index in [0.29, 0.717) is 17.9 Å². The number of rotatable bonds is 5. The predicted octanol–water partition coefficient (Wildman–Crippen LogP) is 4.04. The van der Waals surface area contributed by atoms with Gasteiger partial charge in [-0.2, -0.15) is 0 Å². The van der Waals surface area contributed by atoms with E-state index in [9.17, 15) is 0 Å². The third-order valence-electron chi connectivity index (χ3n) is 4.12. The maximum Gasteiger partial charge on any atom is 0.123 e. The third-order valence-corrected chi connectivity index (χ3v) is 4.12. The largest absolute Gasteiger partial charge is 0.490 e. The molecule has 1 heterocycles. The average Bonchev–Trinajstić information content (AvgIpc) is 2.75. The molecule has 0 saturated carbocycles. The molecular weight excluding hydrogens is 246 g/mol. The highest BCUT2D eigenvalue weighted by molar-refractivity contribution is 5.37. The van der Waals surface area contributed by atoms with Gasteiger partial charge in [0.25, 0.3) is 0 Å². The standard InChI is InChI=1S/C18H29NO/c1-13(2)15(12-19-18(3,4)5)11-16-10-14-8-6-7-9-17(14)20-16/h6-9,13,15-16,19H,10-12H2,1-5H3. The first kappa shape index (κ1) is 15.4. The van der Waals surface area contributed by atoms with Crippen molar-refractivity contribution in [1.82, 2.24) is 5.32 Å². The maximum absolute atomic E-state index is 6.09. The van der Waals surface area contributed by atoms with Crippen molar-refractivity contribution >= 4 is 0 Å². The fourth-order valence-electron chi connectivity index (χ4n) is 2.75. The minimum Gasteiger partial charge on any atom is -0.490 e. The van der Waals surface area contributed by atoms with Gasteiger partial charge in [0.15, 0.2) is 0 Å². The summed E-state index contributed by atoms with van der Waals surface area (Å²) in [4.78, 5) is 0. The first-order valence-corrected chi connectivity index (χ1v) is 7.85. The predicted molar refractivity (Wildman–Crippen MR) is 85.3 cm³/mol. The average molecular weight is 275 g/mol. The summed E-state index contributed by atoms with van der Waals surface area (Å²) in [7, 11) is 0. The number of nitrogens with one attached hydrogen (secondary N) is 1. The van der Waals surface area contributed by atoms with Crippen LogP contribution in [0.15, 0.2) is 24.3 Å². The van der Waals surface area contributed by atoms with Gasteiger partial charge in [-0.15, -0.1) is 0 Å². The molecule has 0 spiro atoms. The van der Waals surface area contributed by atoms with Crippen LogP contribution in [0.1, 0.15) is 46.6 Å². The fraction of sp³-hybridized carbons (Fsp3) is 0.667. The van der Waals surface area contributed by atoms with Crippen LogP contribution >= 0.6 is 0 Å². The Morgan fingerprint density at radius 2 is 1.95 bits per heavy atom. The number of hydrogen-bond donors (Lipinski definition) is 1. The van der Waals surface area contributed by atoms with E-state index >= 15 is 0 Å². The monoisotopic (exact) mass is 275 g/mol. The molecule has 0 saturated heterocycles. The van der Waals surface area contributed by atoms with Gasteiger partial charge in [-0.1, -0.05) is 32.0 Å². The second kappa shape index (κ2) is 6.17. The van der Waals surface area contributed by atoms with Crippen molar-refractivity contribution in [3.05, 3.63) is 29.8 Å². The molecule has 1 aliphatic heterocycles. The van der Waals surface area contributed by atoms with Crippen LogP contribution in [0.4, 0.5) is 0 Å². The van der Waals surface area contributed by atoms with Crippen LogP contribution in [-0.2, 0) is 6.42 Å². The van der Waals surface area contributed by atoms with Crippen LogP contribution in [0, 0.1) is 11.8 Å². The van der Waals surface area contributed by atoms with Crippen molar-refractivity contribution in [3.8, 4) is 5.75 Å². The van der Waals surface area contributed by atoms with Crippen LogP contribution < -0.4 is 10.1 Å². The smallest absolute Gasteiger partial charge is 0.123 e. The summed E-state index contributed by atoms with van der Waals surface area (Å²) in [6, 6.07) is 8.44. The Morgan fingerprint density at radius 1 is 1.25 bits per heavy atom. The van der Waals surface area contributed by atoms with Gasteiger partial charge in [-0.25, -0.2) is 0 Å². The van der Waals surface area contributed by atoms with Crippen LogP contribution in [0.3, 0.4) is 0 Å². The topological polar surface area (TPSA) is 21.3 Å². The van der Waals surface area contributed by atoms with Crippen molar-refractivity contribution in [1.29, 1.82) is 0 Å². The third kappa shape index (κ3) is 4.24. The minimum atomic E-state index is 0.187. The van der Waals surface area contributed by atoms with Crippen molar-refractivity contribution in [2.45, 2.75) is 59.1 Å². The summed E-state index contributed by atoms with van der Waals surface area (Å²) in [5.74, 6) is 2.43. The van der Waals surface area contributed by atoms with Crippen molar-refractivity contribution in [3.63, 3.8) is 0 Å². The Balaban J connectivity index is 1.90. The first-order valence-electron chi connectivity index (χ1n) is 7.85. The summed E-state index contributed by atoms with van der Waals surface area (Å²) in [6.07, 6.45) is 2.55. The maximum atomic E-state index is 6.09. The lowest BCUT2D eigenvalue weighted by Gasteiger charge is -2.29. The Hall–Kier alpha value is -1.02. The summed E-state index contributed by atoms with van der Waals surface area (Å²) in [5, 5.41) is 3.64. The van der Waals surface area contributed by atoms with E-state index in [1.807, 2.05) is 0 Å². The van der Waals surface area contributed by atoms with Crippen molar-refractivity contribution in [2.24, 2.45) is 11.8 Å². The SMILES string of the molecule is CC(C)C(CNC(C)(C)C)CC1Cc2ccccc2O1. The molecule has 1 aliphatic rings. The second-order valence-corrected chi connectivity index (χ2v) is 7.42.